The molecule has 1 N–H and O–H groups in total. The molecule has 9 heteroatoms. The number of hydrogen-bond donors (Lipinski definition) is 1. The molecule has 30 heavy (non-hydrogen) atoms. The molecule has 1 aliphatic heterocycles. The number of benzene rings is 2. The minimum atomic E-state index is -0.948. The molecule has 0 aliphatic carbocycles. The van der Waals surface area contributed by atoms with E-state index in [1.807, 2.05) is 11.4 Å². The van der Waals surface area contributed by atoms with Gasteiger partial charge in [-0.15, -0.1) is 17.9 Å². The van der Waals surface area contributed by atoms with Gasteiger partial charge in [0.25, 0.3) is 5.91 Å². The van der Waals surface area contributed by atoms with Gasteiger partial charge < -0.3 is 10.1 Å². The lowest BCUT2D eigenvalue weighted by Crippen LogP contribution is -2.25. The summed E-state index contributed by atoms with van der Waals surface area (Å²) in [5.74, 6) is -1.51. The van der Waals surface area contributed by atoms with Crippen molar-refractivity contribution in [1.29, 1.82) is 0 Å². The number of nitrogens with zero attached hydrogens (tertiary/aromatic N) is 3. The number of thiazole rings is 1. The van der Waals surface area contributed by atoms with E-state index in [2.05, 4.69) is 22.0 Å². The maximum atomic E-state index is 13.5. The van der Waals surface area contributed by atoms with Crippen molar-refractivity contribution in [2.75, 3.05) is 18.5 Å². The first-order valence-corrected chi connectivity index (χ1v) is 9.81. The van der Waals surface area contributed by atoms with Crippen LogP contribution in [0.25, 0.3) is 11.3 Å². The molecule has 1 amide bonds. The minimum absolute atomic E-state index is 0.0199. The van der Waals surface area contributed by atoms with Gasteiger partial charge >= 0.3 is 0 Å². The van der Waals surface area contributed by atoms with Gasteiger partial charge in [-0.3, -0.25) is 9.79 Å². The second-order valence-electron chi connectivity index (χ2n) is 6.31. The van der Waals surface area contributed by atoms with E-state index in [1.165, 1.54) is 23.6 Å². The van der Waals surface area contributed by atoms with Crippen LogP contribution in [0.5, 0.6) is 5.75 Å². The number of carbonyl (C=O) groups is 1. The Labute approximate surface area is 174 Å². The molecule has 2 aromatic carbocycles. The van der Waals surface area contributed by atoms with Crippen LogP contribution in [-0.4, -0.2) is 29.9 Å². The van der Waals surface area contributed by atoms with Crippen molar-refractivity contribution in [2.45, 2.75) is 0 Å². The van der Waals surface area contributed by atoms with Gasteiger partial charge in [0.05, 0.1) is 24.1 Å². The number of fused-ring (bicyclic) bond motifs is 1. The molecule has 0 saturated heterocycles. The summed E-state index contributed by atoms with van der Waals surface area (Å²) in [5, 5.41) is 9.08. The highest BCUT2D eigenvalue weighted by Gasteiger charge is 2.17. The predicted octanol–water partition coefficient (Wildman–Crippen LogP) is 3.79. The predicted molar refractivity (Wildman–Crippen MR) is 112 cm³/mol. The number of rotatable bonds is 5. The van der Waals surface area contributed by atoms with Crippen molar-refractivity contribution in [2.24, 2.45) is 10.1 Å². The molecular weight excluding hydrogens is 410 g/mol. The zero-order valence-electron chi connectivity index (χ0n) is 15.6. The molecule has 1 aromatic heterocycles. The maximum absolute atomic E-state index is 13.5. The Balaban J connectivity index is 1.77. The summed E-state index contributed by atoms with van der Waals surface area (Å²) >= 11 is 1.37. The van der Waals surface area contributed by atoms with Crippen LogP contribution in [0.2, 0.25) is 0 Å². The highest BCUT2D eigenvalue weighted by molar-refractivity contribution is 7.07. The maximum Gasteiger partial charge on any atom is 0.262 e. The van der Waals surface area contributed by atoms with E-state index in [4.69, 9.17) is 4.74 Å². The second-order valence-corrected chi connectivity index (χ2v) is 7.15. The molecule has 0 fully saturated rings. The van der Waals surface area contributed by atoms with Crippen molar-refractivity contribution in [3.63, 3.8) is 0 Å². The van der Waals surface area contributed by atoms with Crippen LogP contribution in [0.3, 0.4) is 0 Å². The normalized spacial score (nSPS) is 13.8. The SMILES string of the molecule is C=CCN=c1scc(-c2ccc3c(c2)NC(=O)CO3)n1N=Cc1ccc(F)c(F)c1. The fourth-order valence-electron chi connectivity index (χ4n) is 2.82. The molecule has 0 radical (unpaired) electrons. The Morgan fingerprint density at radius 2 is 2.10 bits per heavy atom. The fourth-order valence-corrected chi connectivity index (χ4v) is 3.67. The summed E-state index contributed by atoms with van der Waals surface area (Å²) in [4.78, 5) is 16.7. The van der Waals surface area contributed by atoms with E-state index < -0.39 is 11.6 Å². The molecule has 152 valence electrons. The van der Waals surface area contributed by atoms with Crippen molar-refractivity contribution in [3.05, 3.63) is 76.4 Å². The van der Waals surface area contributed by atoms with Crippen molar-refractivity contribution in [1.82, 2.24) is 4.68 Å². The van der Waals surface area contributed by atoms with Crippen LogP contribution in [0.15, 0.2) is 64.5 Å². The Bertz CT molecular complexity index is 1230. The Morgan fingerprint density at radius 3 is 2.90 bits per heavy atom. The molecule has 6 nitrogen and oxygen atoms in total. The summed E-state index contributed by atoms with van der Waals surface area (Å²) in [6.45, 7) is 4.05. The number of amides is 1. The van der Waals surface area contributed by atoms with Crippen LogP contribution >= 0.6 is 11.3 Å². The highest BCUT2D eigenvalue weighted by atomic mass is 32.1. The lowest BCUT2D eigenvalue weighted by Gasteiger charge is -2.18. The molecule has 2 heterocycles. The molecular formula is C21H16F2N4O2S. The number of carbonyl (C=O) groups excluding carboxylic acids is 1. The van der Waals surface area contributed by atoms with Crippen LogP contribution in [0, 0.1) is 11.6 Å². The van der Waals surface area contributed by atoms with E-state index in [-0.39, 0.29) is 12.5 Å². The highest BCUT2D eigenvalue weighted by Crippen LogP contribution is 2.32. The molecule has 0 atom stereocenters. The summed E-state index contributed by atoms with van der Waals surface area (Å²) in [6, 6.07) is 8.95. The van der Waals surface area contributed by atoms with Crippen LogP contribution < -0.4 is 14.9 Å². The van der Waals surface area contributed by atoms with E-state index in [0.29, 0.717) is 34.0 Å². The number of anilines is 1. The molecule has 0 unspecified atom stereocenters. The lowest BCUT2D eigenvalue weighted by atomic mass is 10.1. The number of aromatic nitrogens is 1. The largest absolute Gasteiger partial charge is 0.482 e. The summed E-state index contributed by atoms with van der Waals surface area (Å²) in [6.07, 6.45) is 3.09. The van der Waals surface area contributed by atoms with E-state index in [9.17, 15) is 13.6 Å². The molecule has 0 saturated carbocycles. The topological polar surface area (TPSA) is 68.0 Å². The third-order valence-corrected chi connectivity index (χ3v) is 5.07. The van der Waals surface area contributed by atoms with Crippen LogP contribution in [0.1, 0.15) is 5.56 Å². The van der Waals surface area contributed by atoms with Gasteiger partial charge in [-0.25, -0.2) is 13.5 Å². The minimum Gasteiger partial charge on any atom is -0.482 e. The molecule has 0 bridgehead atoms. The Morgan fingerprint density at radius 1 is 1.23 bits per heavy atom. The van der Waals surface area contributed by atoms with Gasteiger partial charge in [-0.2, -0.15) is 5.10 Å². The lowest BCUT2D eigenvalue weighted by molar-refractivity contribution is -0.118. The first kappa shape index (κ1) is 19.7. The number of ether oxygens (including phenoxy) is 1. The van der Waals surface area contributed by atoms with Crippen LogP contribution in [0.4, 0.5) is 14.5 Å². The Kier molecular flexibility index (Phi) is 5.53. The van der Waals surface area contributed by atoms with Crippen molar-refractivity contribution < 1.29 is 18.3 Å². The van der Waals surface area contributed by atoms with Crippen LogP contribution in [-0.2, 0) is 4.79 Å². The van der Waals surface area contributed by atoms with E-state index in [0.717, 1.165) is 17.7 Å². The molecule has 3 aromatic rings. The number of hydrogen-bond acceptors (Lipinski definition) is 5. The van der Waals surface area contributed by atoms with Gasteiger partial charge in [0.2, 0.25) is 4.80 Å². The molecule has 1 aliphatic rings. The standard InChI is InChI=1S/C21H16F2N4O2S/c1-2-7-24-21-27(25-10-13-3-5-15(22)16(23)8-13)18(12-30-21)14-4-6-19-17(9-14)26-20(28)11-29-19/h2-6,8-10,12H,1,7,11H2,(H,26,28). The zero-order chi connectivity index (χ0) is 21.1. The number of halogens is 2. The average molecular weight is 426 g/mol. The fraction of sp³-hybridized carbons (Fsp3) is 0.0952. The van der Waals surface area contributed by atoms with Gasteiger partial charge in [0, 0.05) is 10.9 Å². The summed E-state index contributed by atoms with van der Waals surface area (Å²) in [5.41, 5.74) is 2.46. The second kappa shape index (κ2) is 8.42. The van der Waals surface area contributed by atoms with Gasteiger partial charge in [0.15, 0.2) is 18.2 Å². The number of nitrogens with one attached hydrogen (secondary N) is 1. The Hall–Kier alpha value is -3.59. The molecule has 4 rings (SSSR count). The first-order valence-electron chi connectivity index (χ1n) is 8.93. The van der Waals surface area contributed by atoms with E-state index in [1.54, 1.807) is 22.9 Å². The van der Waals surface area contributed by atoms with Crippen molar-refractivity contribution >= 4 is 29.1 Å². The van der Waals surface area contributed by atoms with Gasteiger partial charge in [-0.05, 0) is 35.9 Å². The first-order chi connectivity index (χ1) is 14.5. The monoisotopic (exact) mass is 426 g/mol. The summed E-state index contributed by atoms with van der Waals surface area (Å²) < 4.78 is 33.7. The smallest absolute Gasteiger partial charge is 0.262 e. The molecule has 0 spiro atoms. The zero-order valence-corrected chi connectivity index (χ0v) is 16.5. The summed E-state index contributed by atoms with van der Waals surface area (Å²) in [7, 11) is 0. The third-order valence-electron chi connectivity index (χ3n) is 4.22. The average Bonchev–Trinajstić information content (AvgIpc) is 3.15. The van der Waals surface area contributed by atoms with Crippen molar-refractivity contribution in [3.8, 4) is 17.0 Å². The quantitative estimate of drug-likeness (QED) is 0.498. The third kappa shape index (κ3) is 4.06. The van der Waals surface area contributed by atoms with Gasteiger partial charge in [0.1, 0.15) is 5.75 Å². The van der Waals surface area contributed by atoms with E-state index >= 15 is 0 Å². The van der Waals surface area contributed by atoms with Gasteiger partial charge in [-0.1, -0.05) is 12.1 Å².